The Hall–Kier alpha value is -1.55. The monoisotopic (exact) mass is 249 g/mol. The standard InChI is InChI=1S/C14H23N3O/c1-3-9-17(4-2)10-11-18-13-7-5-12(6-8-13)14(15)16/h5-8H,3-4,9-11H2,1-2H3,(H3,15,16). The molecule has 0 saturated heterocycles. The van der Waals surface area contributed by atoms with Gasteiger partial charge < -0.3 is 15.4 Å². The molecule has 0 saturated carbocycles. The summed E-state index contributed by atoms with van der Waals surface area (Å²) in [6.45, 7) is 8.15. The van der Waals surface area contributed by atoms with Crippen molar-refractivity contribution in [2.75, 3.05) is 26.2 Å². The van der Waals surface area contributed by atoms with Crippen molar-refractivity contribution >= 4 is 5.84 Å². The second kappa shape index (κ2) is 7.71. The lowest BCUT2D eigenvalue weighted by molar-refractivity contribution is 0.216. The van der Waals surface area contributed by atoms with Gasteiger partial charge in [0.25, 0.3) is 0 Å². The highest BCUT2D eigenvalue weighted by molar-refractivity contribution is 5.94. The Bertz CT molecular complexity index is 362. The molecular formula is C14H23N3O. The topological polar surface area (TPSA) is 62.3 Å². The summed E-state index contributed by atoms with van der Waals surface area (Å²) >= 11 is 0. The van der Waals surface area contributed by atoms with Crippen LogP contribution in [-0.2, 0) is 0 Å². The number of benzene rings is 1. The van der Waals surface area contributed by atoms with Crippen LogP contribution in [0.2, 0.25) is 0 Å². The summed E-state index contributed by atoms with van der Waals surface area (Å²) in [5.41, 5.74) is 6.12. The molecule has 0 fully saturated rings. The quantitative estimate of drug-likeness (QED) is 0.547. The van der Waals surface area contributed by atoms with Crippen molar-refractivity contribution in [3.05, 3.63) is 29.8 Å². The third-order valence-electron chi connectivity index (χ3n) is 2.83. The zero-order chi connectivity index (χ0) is 13.4. The Morgan fingerprint density at radius 2 is 1.89 bits per heavy atom. The lowest BCUT2D eigenvalue weighted by Gasteiger charge is -2.19. The van der Waals surface area contributed by atoms with Gasteiger partial charge in [0, 0.05) is 12.1 Å². The predicted octanol–water partition coefficient (Wildman–Crippen LogP) is 2.08. The summed E-state index contributed by atoms with van der Waals surface area (Å²) in [6, 6.07) is 7.32. The maximum atomic E-state index is 7.30. The molecule has 1 aromatic carbocycles. The van der Waals surface area contributed by atoms with Gasteiger partial charge in [0.05, 0.1) is 0 Å². The lowest BCUT2D eigenvalue weighted by Crippen LogP contribution is -2.29. The van der Waals surface area contributed by atoms with Gasteiger partial charge >= 0.3 is 0 Å². The highest BCUT2D eigenvalue weighted by Crippen LogP contribution is 2.11. The molecule has 0 aliphatic rings. The van der Waals surface area contributed by atoms with Gasteiger partial charge in [0.1, 0.15) is 18.2 Å². The highest BCUT2D eigenvalue weighted by atomic mass is 16.5. The molecule has 4 nitrogen and oxygen atoms in total. The van der Waals surface area contributed by atoms with Gasteiger partial charge in [-0.15, -0.1) is 0 Å². The molecule has 0 unspecified atom stereocenters. The molecule has 0 aromatic heterocycles. The van der Waals surface area contributed by atoms with Crippen molar-refractivity contribution in [2.45, 2.75) is 20.3 Å². The molecule has 3 N–H and O–H groups in total. The van der Waals surface area contributed by atoms with Crippen LogP contribution in [0.15, 0.2) is 24.3 Å². The van der Waals surface area contributed by atoms with Gasteiger partial charge in [0.2, 0.25) is 0 Å². The molecule has 0 radical (unpaired) electrons. The zero-order valence-corrected chi connectivity index (χ0v) is 11.3. The van der Waals surface area contributed by atoms with Crippen LogP contribution in [0.4, 0.5) is 0 Å². The van der Waals surface area contributed by atoms with Crippen molar-refractivity contribution in [3.8, 4) is 5.75 Å². The summed E-state index contributed by atoms with van der Waals surface area (Å²) in [5.74, 6) is 0.911. The van der Waals surface area contributed by atoms with Crippen LogP contribution in [0.5, 0.6) is 5.75 Å². The van der Waals surface area contributed by atoms with Crippen LogP contribution in [0, 0.1) is 5.41 Å². The fourth-order valence-corrected chi connectivity index (χ4v) is 1.77. The zero-order valence-electron chi connectivity index (χ0n) is 11.3. The molecule has 0 heterocycles. The van der Waals surface area contributed by atoms with Gasteiger partial charge in [0.15, 0.2) is 0 Å². The summed E-state index contributed by atoms with van der Waals surface area (Å²) in [7, 11) is 0. The van der Waals surface area contributed by atoms with Crippen LogP contribution in [0.1, 0.15) is 25.8 Å². The van der Waals surface area contributed by atoms with Crippen molar-refractivity contribution in [2.24, 2.45) is 5.73 Å². The third-order valence-corrected chi connectivity index (χ3v) is 2.83. The first kappa shape index (κ1) is 14.5. The number of likely N-dealkylation sites (N-methyl/N-ethyl adjacent to an activating group) is 1. The second-order valence-electron chi connectivity index (χ2n) is 4.22. The van der Waals surface area contributed by atoms with E-state index in [2.05, 4.69) is 18.7 Å². The second-order valence-corrected chi connectivity index (χ2v) is 4.22. The van der Waals surface area contributed by atoms with Crippen LogP contribution in [0.3, 0.4) is 0 Å². The van der Waals surface area contributed by atoms with Crippen LogP contribution in [0.25, 0.3) is 0 Å². The minimum absolute atomic E-state index is 0.0849. The Kier molecular flexibility index (Phi) is 6.22. The van der Waals surface area contributed by atoms with E-state index in [0.717, 1.165) is 30.9 Å². The van der Waals surface area contributed by atoms with E-state index in [0.29, 0.717) is 6.61 Å². The number of ether oxygens (including phenoxy) is 1. The number of nitrogens with one attached hydrogen (secondary N) is 1. The van der Waals surface area contributed by atoms with Crippen molar-refractivity contribution < 1.29 is 4.74 Å². The number of nitrogen functional groups attached to an aromatic ring is 1. The van der Waals surface area contributed by atoms with E-state index in [1.807, 2.05) is 12.1 Å². The molecular weight excluding hydrogens is 226 g/mol. The van der Waals surface area contributed by atoms with Gasteiger partial charge in [-0.25, -0.2) is 0 Å². The van der Waals surface area contributed by atoms with E-state index in [-0.39, 0.29) is 5.84 Å². The van der Waals surface area contributed by atoms with Gasteiger partial charge in [-0.1, -0.05) is 13.8 Å². The van der Waals surface area contributed by atoms with Gasteiger partial charge in [-0.2, -0.15) is 0 Å². The maximum Gasteiger partial charge on any atom is 0.122 e. The number of rotatable bonds is 8. The Morgan fingerprint density at radius 3 is 2.39 bits per heavy atom. The molecule has 0 bridgehead atoms. The molecule has 18 heavy (non-hydrogen) atoms. The molecule has 1 rings (SSSR count). The number of hydrogen-bond donors (Lipinski definition) is 2. The average molecular weight is 249 g/mol. The third kappa shape index (κ3) is 4.75. The molecule has 0 amide bonds. The van der Waals surface area contributed by atoms with E-state index in [9.17, 15) is 0 Å². The number of nitrogens with two attached hydrogens (primary N) is 1. The van der Waals surface area contributed by atoms with E-state index < -0.39 is 0 Å². The first-order valence-electron chi connectivity index (χ1n) is 6.47. The number of amidine groups is 1. The van der Waals surface area contributed by atoms with Crippen LogP contribution in [-0.4, -0.2) is 37.0 Å². The Morgan fingerprint density at radius 1 is 1.22 bits per heavy atom. The minimum atomic E-state index is 0.0849. The van der Waals surface area contributed by atoms with E-state index in [4.69, 9.17) is 15.9 Å². The number of hydrogen-bond acceptors (Lipinski definition) is 3. The smallest absolute Gasteiger partial charge is 0.122 e. The molecule has 1 aromatic rings. The van der Waals surface area contributed by atoms with E-state index in [1.54, 1.807) is 12.1 Å². The minimum Gasteiger partial charge on any atom is -0.492 e. The van der Waals surface area contributed by atoms with Crippen LogP contribution >= 0.6 is 0 Å². The lowest BCUT2D eigenvalue weighted by atomic mass is 10.2. The highest BCUT2D eigenvalue weighted by Gasteiger charge is 2.01. The average Bonchev–Trinajstić information content (AvgIpc) is 2.38. The molecule has 100 valence electrons. The fourth-order valence-electron chi connectivity index (χ4n) is 1.77. The van der Waals surface area contributed by atoms with Crippen molar-refractivity contribution in [3.63, 3.8) is 0 Å². The van der Waals surface area contributed by atoms with Crippen molar-refractivity contribution in [1.82, 2.24) is 4.90 Å². The Labute approximate surface area is 109 Å². The normalized spacial score (nSPS) is 10.6. The van der Waals surface area contributed by atoms with E-state index in [1.165, 1.54) is 6.42 Å². The molecule has 0 atom stereocenters. The molecule has 0 aliphatic heterocycles. The maximum absolute atomic E-state index is 7.30. The first-order valence-corrected chi connectivity index (χ1v) is 6.47. The van der Waals surface area contributed by atoms with Crippen molar-refractivity contribution in [1.29, 1.82) is 5.41 Å². The van der Waals surface area contributed by atoms with E-state index >= 15 is 0 Å². The summed E-state index contributed by atoms with van der Waals surface area (Å²) in [4.78, 5) is 2.37. The number of nitrogens with zero attached hydrogens (tertiary/aromatic N) is 1. The summed E-state index contributed by atoms with van der Waals surface area (Å²) in [6.07, 6.45) is 1.17. The summed E-state index contributed by atoms with van der Waals surface area (Å²) < 4.78 is 5.67. The van der Waals surface area contributed by atoms with Gasteiger partial charge in [-0.3, -0.25) is 5.41 Å². The predicted molar refractivity (Wildman–Crippen MR) is 75.4 cm³/mol. The first-order chi connectivity index (χ1) is 8.67. The SMILES string of the molecule is CCCN(CC)CCOc1ccc(C(=N)N)cc1. The molecule has 0 aliphatic carbocycles. The Balaban J connectivity index is 2.37. The van der Waals surface area contributed by atoms with Gasteiger partial charge in [-0.05, 0) is 43.8 Å². The largest absolute Gasteiger partial charge is 0.492 e. The van der Waals surface area contributed by atoms with Crippen LogP contribution < -0.4 is 10.5 Å². The summed E-state index contributed by atoms with van der Waals surface area (Å²) in [5, 5.41) is 7.30. The fraction of sp³-hybridized carbons (Fsp3) is 0.500. The molecule has 0 spiro atoms. The molecule has 4 heteroatoms.